The number of esters is 1. The van der Waals surface area contributed by atoms with Gasteiger partial charge in [-0.1, -0.05) is 42.5 Å². The molecule has 0 bridgehead atoms. The molecule has 0 radical (unpaired) electrons. The molecule has 5 heteroatoms. The molecule has 3 aromatic rings. The van der Waals surface area contributed by atoms with E-state index in [4.69, 9.17) is 9.84 Å². The molecule has 0 spiro atoms. The van der Waals surface area contributed by atoms with Gasteiger partial charge in [0.1, 0.15) is 17.1 Å². The lowest BCUT2D eigenvalue weighted by Crippen LogP contribution is -2.08. The molecule has 0 amide bonds. The van der Waals surface area contributed by atoms with Crippen molar-refractivity contribution in [3.63, 3.8) is 0 Å². The Kier molecular flexibility index (Phi) is 4.48. The molecular weight excluding hydrogens is 320 g/mol. The van der Waals surface area contributed by atoms with Gasteiger partial charge in [0.2, 0.25) is 0 Å². The second-order valence-electron chi connectivity index (χ2n) is 5.32. The van der Waals surface area contributed by atoms with Gasteiger partial charge in [0, 0.05) is 6.07 Å². The Labute approximate surface area is 143 Å². The van der Waals surface area contributed by atoms with E-state index in [9.17, 15) is 14.7 Å². The lowest BCUT2D eigenvalue weighted by molar-refractivity contribution is 0.0693. The molecule has 5 nitrogen and oxygen atoms in total. The lowest BCUT2D eigenvalue weighted by Gasteiger charge is -2.07. The summed E-state index contributed by atoms with van der Waals surface area (Å²) in [5.74, 6) is -2.24. The van der Waals surface area contributed by atoms with E-state index in [2.05, 4.69) is 0 Å². The monoisotopic (exact) mass is 334 g/mol. The SMILES string of the molecule is O=C(Oc1ccc(C(=O)O)c(O)c1)c1ccc(-c2ccccc2)cc1. The van der Waals surface area contributed by atoms with Crippen molar-refractivity contribution in [3.8, 4) is 22.6 Å². The number of carbonyl (C=O) groups is 2. The maximum Gasteiger partial charge on any atom is 0.343 e. The molecule has 3 rings (SSSR count). The third kappa shape index (κ3) is 3.67. The highest BCUT2D eigenvalue weighted by atomic mass is 16.5. The van der Waals surface area contributed by atoms with Crippen molar-refractivity contribution < 1.29 is 24.5 Å². The number of phenols is 1. The summed E-state index contributed by atoms with van der Waals surface area (Å²) in [6.45, 7) is 0. The van der Waals surface area contributed by atoms with Crippen LogP contribution in [0.4, 0.5) is 0 Å². The molecule has 3 aromatic carbocycles. The highest BCUT2D eigenvalue weighted by Gasteiger charge is 2.13. The van der Waals surface area contributed by atoms with Crippen LogP contribution in [0.5, 0.6) is 11.5 Å². The van der Waals surface area contributed by atoms with E-state index in [0.717, 1.165) is 17.2 Å². The van der Waals surface area contributed by atoms with Gasteiger partial charge in [-0.3, -0.25) is 0 Å². The number of aromatic carboxylic acids is 1. The number of rotatable bonds is 4. The van der Waals surface area contributed by atoms with Crippen LogP contribution in [0.15, 0.2) is 72.8 Å². The van der Waals surface area contributed by atoms with Gasteiger partial charge in [0.25, 0.3) is 0 Å². The van der Waals surface area contributed by atoms with Crippen molar-refractivity contribution >= 4 is 11.9 Å². The first-order valence-electron chi connectivity index (χ1n) is 7.48. The molecule has 25 heavy (non-hydrogen) atoms. The van der Waals surface area contributed by atoms with Crippen molar-refractivity contribution in [2.75, 3.05) is 0 Å². The standard InChI is InChI=1S/C20H14O5/c21-18-12-16(10-11-17(18)19(22)23)25-20(24)15-8-6-14(7-9-15)13-4-2-1-3-5-13/h1-12,21H,(H,22,23). The summed E-state index contributed by atoms with van der Waals surface area (Å²) in [6, 6.07) is 20.3. The fraction of sp³-hybridized carbons (Fsp3) is 0. The van der Waals surface area contributed by atoms with Crippen LogP contribution in [0.1, 0.15) is 20.7 Å². The fourth-order valence-corrected chi connectivity index (χ4v) is 2.35. The van der Waals surface area contributed by atoms with E-state index in [1.807, 2.05) is 42.5 Å². The zero-order chi connectivity index (χ0) is 17.8. The summed E-state index contributed by atoms with van der Waals surface area (Å²) in [4.78, 5) is 23.0. The molecule has 0 atom stereocenters. The van der Waals surface area contributed by atoms with Crippen LogP contribution in [-0.4, -0.2) is 22.2 Å². The summed E-state index contributed by atoms with van der Waals surface area (Å²) in [6.07, 6.45) is 0. The van der Waals surface area contributed by atoms with Gasteiger partial charge >= 0.3 is 11.9 Å². The fourth-order valence-electron chi connectivity index (χ4n) is 2.35. The molecule has 0 aliphatic heterocycles. The highest BCUT2D eigenvalue weighted by Crippen LogP contribution is 2.25. The number of carboxylic acid groups (broad SMARTS) is 1. The molecule has 0 saturated carbocycles. The molecule has 124 valence electrons. The Morgan fingerprint density at radius 3 is 2.04 bits per heavy atom. The number of ether oxygens (including phenoxy) is 1. The van der Waals surface area contributed by atoms with Crippen LogP contribution in [0.2, 0.25) is 0 Å². The van der Waals surface area contributed by atoms with E-state index in [1.54, 1.807) is 12.1 Å². The second kappa shape index (κ2) is 6.88. The highest BCUT2D eigenvalue weighted by molar-refractivity contribution is 5.93. The molecule has 0 heterocycles. The third-order valence-corrected chi connectivity index (χ3v) is 3.64. The van der Waals surface area contributed by atoms with Crippen LogP contribution in [0, 0.1) is 0 Å². The minimum Gasteiger partial charge on any atom is -0.507 e. The smallest absolute Gasteiger partial charge is 0.343 e. The van der Waals surface area contributed by atoms with Gasteiger partial charge in [0.05, 0.1) is 5.56 Å². The first-order valence-corrected chi connectivity index (χ1v) is 7.48. The maximum atomic E-state index is 12.2. The third-order valence-electron chi connectivity index (χ3n) is 3.64. The summed E-state index contributed by atoms with van der Waals surface area (Å²) in [7, 11) is 0. The largest absolute Gasteiger partial charge is 0.507 e. The lowest BCUT2D eigenvalue weighted by atomic mass is 10.0. The first-order chi connectivity index (χ1) is 12.0. The van der Waals surface area contributed by atoms with Gasteiger partial charge in [-0.05, 0) is 35.4 Å². The second-order valence-corrected chi connectivity index (χ2v) is 5.32. The summed E-state index contributed by atoms with van der Waals surface area (Å²) in [5.41, 5.74) is 2.10. The normalized spacial score (nSPS) is 10.2. The summed E-state index contributed by atoms with van der Waals surface area (Å²) < 4.78 is 5.17. The minimum absolute atomic E-state index is 0.0691. The zero-order valence-electron chi connectivity index (χ0n) is 13.0. The van der Waals surface area contributed by atoms with E-state index in [-0.39, 0.29) is 11.3 Å². The molecule has 0 fully saturated rings. The van der Waals surface area contributed by atoms with Crippen molar-refractivity contribution in [1.82, 2.24) is 0 Å². The van der Waals surface area contributed by atoms with Crippen LogP contribution >= 0.6 is 0 Å². The van der Waals surface area contributed by atoms with Gasteiger partial charge in [-0.15, -0.1) is 0 Å². The molecule has 0 aliphatic carbocycles. The maximum absolute atomic E-state index is 12.2. The molecule has 0 unspecified atom stereocenters. The Morgan fingerprint density at radius 2 is 1.44 bits per heavy atom. The molecule has 0 saturated heterocycles. The predicted molar refractivity (Wildman–Crippen MR) is 91.9 cm³/mol. The Bertz CT molecular complexity index is 915. The summed E-state index contributed by atoms with van der Waals surface area (Å²) in [5, 5.41) is 18.5. The number of hydrogen-bond donors (Lipinski definition) is 2. The van der Waals surface area contributed by atoms with Gasteiger partial charge in [-0.25, -0.2) is 9.59 Å². The number of carbonyl (C=O) groups excluding carboxylic acids is 1. The van der Waals surface area contributed by atoms with Crippen molar-refractivity contribution in [1.29, 1.82) is 0 Å². The number of benzene rings is 3. The van der Waals surface area contributed by atoms with Crippen LogP contribution < -0.4 is 4.74 Å². The Morgan fingerprint density at radius 1 is 0.800 bits per heavy atom. The van der Waals surface area contributed by atoms with Crippen LogP contribution in [0.25, 0.3) is 11.1 Å². The molecular formula is C20H14O5. The van der Waals surface area contributed by atoms with Crippen molar-refractivity contribution in [2.24, 2.45) is 0 Å². The number of hydrogen-bond acceptors (Lipinski definition) is 4. The Hall–Kier alpha value is -3.60. The molecule has 0 aromatic heterocycles. The Balaban J connectivity index is 1.75. The number of aromatic hydroxyl groups is 1. The quantitative estimate of drug-likeness (QED) is 0.557. The molecule has 2 N–H and O–H groups in total. The molecule has 0 aliphatic rings. The summed E-state index contributed by atoms with van der Waals surface area (Å²) >= 11 is 0. The van der Waals surface area contributed by atoms with Crippen molar-refractivity contribution in [3.05, 3.63) is 83.9 Å². The van der Waals surface area contributed by atoms with E-state index in [0.29, 0.717) is 5.56 Å². The van der Waals surface area contributed by atoms with Gasteiger partial charge in [-0.2, -0.15) is 0 Å². The first kappa shape index (κ1) is 16.3. The van der Waals surface area contributed by atoms with Crippen LogP contribution in [-0.2, 0) is 0 Å². The van der Waals surface area contributed by atoms with Crippen LogP contribution in [0.3, 0.4) is 0 Å². The average molecular weight is 334 g/mol. The zero-order valence-corrected chi connectivity index (χ0v) is 13.0. The number of carboxylic acids is 1. The average Bonchev–Trinajstić information content (AvgIpc) is 2.62. The van der Waals surface area contributed by atoms with E-state index >= 15 is 0 Å². The van der Waals surface area contributed by atoms with Gasteiger partial charge in [0.15, 0.2) is 0 Å². The van der Waals surface area contributed by atoms with Gasteiger partial charge < -0.3 is 14.9 Å². The van der Waals surface area contributed by atoms with E-state index < -0.39 is 17.7 Å². The predicted octanol–water partition coefficient (Wildman–Crippen LogP) is 3.98. The van der Waals surface area contributed by atoms with E-state index in [1.165, 1.54) is 12.1 Å². The van der Waals surface area contributed by atoms with Crippen molar-refractivity contribution in [2.45, 2.75) is 0 Å². The topological polar surface area (TPSA) is 83.8 Å². The minimum atomic E-state index is -1.26.